The van der Waals surface area contributed by atoms with Gasteiger partial charge in [0.15, 0.2) is 0 Å². The van der Waals surface area contributed by atoms with E-state index in [9.17, 15) is 18.0 Å². The molecule has 1 amide bonds. The molecule has 0 saturated heterocycles. The minimum absolute atomic E-state index is 0.0534. The second-order valence-electron chi connectivity index (χ2n) is 8.05. The molecule has 1 aliphatic heterocycles. The van der Waals surface area contributed by atoms with E-state index in [1.54, 1.807) is 49.4 Å². The monoisotopic (exact) mass is 620 g/mol. The zero-order valence-electron chi connectivity index (χ0n) is 20.4. The Morgan fingerprint density at radius 1 is 1.13 bits per heavy atom. The average molecular weight is 622 g/mol. The second-order valence-corrected chi connectivity index (χ2v) is 11.1. The Morgan fingerprint density at radius 2 is 1.84 bits per heavy atom. The number of methoxy groups -OCH3 is 2. The highest BCUT2D eigenvalue weighted by Gasteiger charge is 2.38. The standard InChI is InChI=1S/C26H22BrClN2O7S/c1-15-24(26(32)36-3)21(25(31)30(15)17-6-11-23(35-2)22(28)12-17)13-18-7-8-19(37-18)14-29-38(33,34)20-9-4-16(27)5-10-20/h4-13,29H,14H2,1-3H3/b21-13+. The Hall–Kier alpha value is -3.38. The average Bonchev–Trinajstić information content (AvgIpc) is 3.44. The van der Waals surface area contributed by atoms with E-state index in [1.807, 2.05) is 0 Å². The number of carbonyl (C=O) groups is 2. The molecule has 0 fully saturated rings. The smallest absolute Gasteiger partial charge is 0.340 e. The number of halogens is 2. The van der Waals surface area contributed by atoms with Crippen LogP contribution >= 0.6 is 27.5 Å². The molecule has 2 aromatic carbocycles. The van der Waals surface area contributed by atoms with E-state index >= 15 is 0 Å². The zero-order chi connectivity index (χ0) is 27.6. The minimum Gasteiger partial charge on any atom is -0.495 e. The summed E-state index contributed by atoms with van der Waals surface area (Å²) in [6.45, 7) is 1.50. The number of ether oxygens (including phenoxy) is 2. The molecule has 1 aliphatic rings. The van der Waals surface area contributed by atoms with Gasteiger partial charge in [0.2, 0.25) is 10.0 Å². The molecule has 0 spiro atoms. The van der Waals surface area contributed by atoms with E-state index in [4.69, 9.17) is 25.5 Å². The lowest BCUT2D eigenvalue weighted by molar-refractivity contribution is -0.136. The summed E-state index contributed by atoms with van der Waals surface area (Å²) in [7, 11) is -1.07. The first-order valence-electron chi connectivity index (χ1n) is 11.1. The number of anilines is 1. The van der Waals surface area contributed by atoms with Crippen LogP contribution in [0.2, 0.25) is 5.02 Å². The van der Waals surface area contributed by atoms with Crippen LogP contribution in [0, 0.1) is 0 Å². The Bertz CT molecular complexity index is 1580. The van der Waals surface area contributed by atoms with Gasteiger partial charge in [-0.05, 0) is 67.6 Å². The van der Waals surface area contributed by atoms with E-state index in [-0.39, 0.29) is 28.3 Å². The van der Waals surface area contributed by atoms with E-state index in [2.05, 4.69) is 20.7 Å². The van der Waals surface area contributed by atoms with Gasteiger partial charge in [-0.1, -0.05) is 27.5 Å². The van der Waals surface area contributed by atoms with Crippen LogP contribution in [0.5, 0.6) is 5.75 Å². The van der Waals surface area contributed by atoms with Gasteiger partial charge in [-0.25, -0.2) is 17.9 Å². The Kier molecular flexibility index (Phi) is 8.12. The maximum Gasteiger partial charge on any atom is 0.340 e. The number of nitrogens with zero attached hydrogens (tertiary/aromatic N) is 1. The van der Waals surface area contributed by atoms with Gasteiger partial charge in [-0.2, -0.15) is 0 Å². The van der Waals surface area contributed by atoms with Crippen LogP contribution < -0.4 is 14.4 Å². The fourth-order valence-corrected chi connectivity index (χ4v) is 5.37. The Labute approximate surface area is 232 Å². The molecule has 9 nitrogen and oxygen atoms in total. The number of nitrogens with one attached hydrogen (secondary N) is 1. The number of esters is 1. The molecular weight excluding hydrogens is 600 g/mol. The lowest BCUT2D eigenvalue weighted by atomic mass is 10.1. The lowest BCUT2D eigenvalue weighted by Gasteiger charge is -2.18. The molecule has 2 heterocycles. The lowest BCUT2D eigenvalue weighted by Crippen LogP contribution is -2.24. The molecule has 0 radical (unpaired) electrons. The van der Waals surface area contributed by atoms with Gasteiger partial charge in [-0.15, -0.1) is 0 Å². The molecular formula is C26H22BrClN2O7S. The topological polar surface area (TPSA) is 115 Å². The van der Waals surface area contributed by atoms with Crippen LogP contribution in [0.3, 0.4) is 0 Å². The van der Waals surface area contributed by atoms with Crippen LogP contribution in [0.1, 0.15) is 18.4 Å². The van der Waals surface area contributed by atoms with Gasteiger partial charge >= 0.3 is 5.97 Å². The molecule has 1 N–H and O–H groups in total. The summed E-state index contributed by atoms with van der Waals surface area (Å²) in [6.07, 6.45) is 1.41. The molecule has 198 valence electrons. The fraction of sp³-hybridized carbons (Fsp3) is 0.154. The number of carbonyl (C=O) groups excluding carboxylic acids is 2. The largest absolute Gasteiger partial charge is 0.495 e. The van der Waals surface area contributed by atoms with Crippen molar-refractivity contribution in [2.45, 2.75) is 18.4 Å². The van der Waals surface area contributed by atoms with Crippen LogP contribution in [0.4, 0.5) is 5.69 Å². The third-order valence-corrected chi connectivity index (χ3v) is 7.95. The first-order chi connectivity index (χ1) is 18.1. The number of amides is 1. The second kappa shape index (κ2) is 11.2. The van der Waals surface area contributed by atoms with Crippen molar-refractivity contribution in [3.8, 4) is 5.75 Å². The molecule has 4 rings (SSSR count). The molecule has 0 bridgehead atoms. The Balaban J connectivity index is 1.61. The first kappa shape index (κ1) is 27.6. The summed E-state index contributed by atoms with van der Waals surface area (Å²) in [5.41, 5.74) is 0.907. The quantitative estimate of drug-likeness (QED) is 0.276. The summed E-state index contributed by atoms with van der Waals surface area (Å²) < 4.78 is 44.2. The van der Waals surface area contributed by atoms with Crippen LogP contribution in [-0.4, -0.2) is 34.5 Å². The van der Waals surface area contributed by atoms with Crippen LogP contribution in [0.25, 0.3) is 6.08 Å². The predicted molar refractivity (Wildman–Crippen MR) is 145 cm³/mol. The fourth-order valence-electron chi connectivity index (χ4n) is 3.86. The van der Waals surface area contributed by atoms with Crippen molar-refractivity contribution in [2.75, 3.05) is 19.1 Å². The maximum atomic E-state index is 13.5. The van der Waals surface area contributed by atoms with Gasteiger partial charge in [-0.3, -0.25) is 9.69 Å². The van der Waals surface area contributed by atoms with Gasteiger partial charge < -0.3 is 13.9 Å². The highest BCUT2D eigenvalue weighted by molar-refractivity contribution is 9.10. The van der Waals surface area contributed by atoms with Gasteiger partial charge in [0, 0.05) is 10.2 Å². The summed E-state index contributed by atoms with van der Waals surface area (Å²) >= 11 is 9.53. The number of allylic oxidation sites excluding steroid dienone is 1. The normalized spacial score (nSPS) is 14.9. The molecule has 0 saturated carbocycles. The van der Waals surface area contributed by atoms with E-state index in [0.717, 1.165) is 4.47 Å². The first-order valence-corrected chi connectivity index (χ1v) is 13.7. The number of sulfonamides is 1. The summed E-state index contributed by atoms with van der Waals surface area (Å²) in [5, 5.41) is 0.295. The summed E-state index contributed by atoms with van der Waals surface area (Å²) in [4.78, 5) is 27.5. The maximum absolute atomic E-state index is 13.5. The summed E-state index contributed by atoms with van der Waals surface area (Å²) in [6, 6.07) is 14.2. The molecule has 1 aromatic heterocycles. The van der Waals surface area contributed by atoms with Crippen molar-refractivity contribution in [1.82, 2.24) is 4.72 Å². The minimum atomic E-state index is -3.77. The third-order valence-electron chi connectivity index (χ3n) is 5.71. The van der Waals surface area contributed by atoms with Crippen LogP contribution in [-0.2, 0) is 30.9 Å². The Morgan fingerprint density at radius 3 is 2.47 bits per heavy atom. The van der Waals surface area contributed by atoms with Crippen molar-refractivity contribution < 1.29 is 31.9 Å². The molecule has 0 atom stereocenters. The van der Waals surface area contributed by atoms with E-state index in [1.165, 1.54) is 37.3 Å². The zero-order valence-corrected chi connectivity index (χ0v) is 23.6. The van der Waals surface area contributed by atoms with Gasteiger partial charge in [0.25, 0.3) is 5.91 Å². The molecule has 38 heavy (non-hydrogen) atoms. The number of hydrogen-bond acceptors (Lipinski definition) is 7. The van der Waals surface area contributed by atoms with E-state index in [0.29, 0.717) is 27.9 Å². The molecule has 12 heteroatoms. The number of furan rings is 1. The molecule has 3 aromatic rings. The highest BCUT2D eigenvalue weighted by Crippen LogP contribution is 2.38. The van der Waals surface area contributed by atoms with Crippen molar-refractivity contribution >= 4 is 61.2 Å². The van der Waals surface area contributed by atoms with Crippen molar-refractivity contribution in [2.24, 2.45) is 0 Å². The summed E-state index contributed by atoms with van der Waals surface area (Å²) in [5.74, 6) is -0.195. The predicted octanol–water partition coefficient (Wildman–Crippen LogP) is 5.06. The van der Waals surface area contributed by atoms with Gasteiger partial charge in [0.05, 0.1) is 47.5 Å². The highest BCUT2D eigenvalue weighted by atomic mass is 79.9. The van der Waals surface area contributed by atoms with Crippen LogP contribution in [0.15, 0.2) is 85.2 Å². The number of hydrogen-bond donors (Lipinski definition) is 1. The molecule has 0 aliphatic carbocycles. The van der Waals surface area contributed by atoms with Gasteiger partial charge in [0.1, 0.15) is 17.3 Å². The van der Waals surface area contributed by atoms with Crippen molar-refractivity contribution in [3.05, 3.63) is 92.5 Å². The third kappa shape index (κ3) is 5.56. The van der Waals surface area contributed by atoms with E-state index < -0.39 is 21.9 Å². The molecule has 0 unspecified atom stereocenters. The van der Waals surface area contributed by atoms with Crippen molar-refractivity contribution in [1.29, 1.82) is 0 Å². The number of rotatable bonds is 8. The number of benzene rings is 2. The SMILES string of the molecule is COC(=O)C1=C(C)N(c2ccc(OC)c(Cl)c2)C(=O)/C1=C/c1ccc(CNS(=O)(=O)c2ccc(Br)cc2)o1. The van der Waals surface area contributed by atoms with Crippen molar-refractivity contribution in [3.63, 3.8) is 0 Å².